The molecule has 0 atom stereocenters. The number of nitrogens with zero attached hydrogens (tertiary/aromatic N) is 1. The Bertz CT molecular complexity index is 575. The molecular formula is C14H13FN2OS. The van der Waals surface area contributed by atoms with Crippen LogP contribution < -0.4 is 5.32 Å². The third kappa shape index (κ3) is 4.06. The van der Waals surface area contributed by atoms with Crippen molar-refractivity contribution < 1.29 is 9.18 Å². The fraction of sp³-hybridized carbons (Fsp3) is 0.143. The monoisotopic (exact) mass is 276 g/mol. The van der Waals surface area contributed by atoms with Crippen LogP contribution in [0.5, 0.6) is 0 Å². The van der Waals surface area contributed by atoms with E-state index < -0.39 is 0 Å². The highest BCUT2D eigenvalue weighted by Gasteiger charge is 2.06. The summed E-state index contributed by atoms with van der Waals surface area (Å²) in [6.07, 6.45) is 1.44. The van der Waals surface area contributed by atoms with E-state index in [-0.39, 0.29) is 17.5 Å². The van der Waals surface area contributed by atoms with Gasteiger partial charge < -0.3 is 5.32 Å². The van der Waals surface area contributed by atoms with Crippen molar-refractivity contribution >= 4 is 23.5 Å². The lowest BCUT2D eigenvalue weighted by Gasteiger charge is -2.05. The average Bonchev–Trinajstić information content (AvgIpc) is 2.38. The molecule has 98 valence electrons. The van der Waals surface area contributed by atoms with Crippen LogP contribution in [-0.4, -0.2) is 10.9 Å². The first kappa shape index (κ1) is 13.5. The van der Waals surface area contributed by atoms with E-state index in [1.165, 1.54) is 30.9 Å². The molecule has 0 radical (unpaired) electrons. The number of thioether (sulfide) groups is 1. The molecule has 1 heterocycles. The van der Waals surface area contributed by atoms with Crippen LogP contribution in [0.3, 0.4) is 0 Å². The summed E-state index contributed by atoms with van der Waals surface area (Å²) in [5.74, 6) is 0.268. The number of benzene rings is 1. The van der Waals surface area contributed by atoms with Crippen molar-refractivity contribution in [2.24, 2.45) is 0 Å². The molecule has 0 saturated carbocycles. The Hall–Kier alpha value is -1.88. The van der Waals surface area contributed by atoms with Gasteiger partial charge in [0.15, 0.2) is 0 Å². The molecule has 0 aliphatic heterocycles. The summed E-state index contributed by atoms with van der Waals surface area (Å²) in [4.78, 5) is 15.3. The molecule has 0 unspecified atom stereocenters. The van der Waals surface area contributed by atoms with Crippen LogP contribution in [0.2, 0.25) is 0 Å². The molecule has 1 N–H and O–H groups in total. The summed E-state index contributed by atoms with van der Waals surface area (Å²) in [7, 11) is 0. The van der Waals surface area contributed by atoms with E-state index in [0.717, 1.165) is 5.56 Å². The average molecular weight is 276 g/mol. The second-order valence-corrected chi connectivity index (χ2v) is 4.97. The Balaban J connectivity index is 2.03. The molecule has 2 aromatic rings. The van der Waals surface area contributed by atoms with E-state index in [1.807, 2.05) is 30.3 Å². The summed E-state index contributed by atoms with van der Waals surface area (Å²) in [5.41, 5.74) is 1.12. The minimum absolute atomic E-state index is 0.231. The maximum atomic E-state index is 13.8. The standard InChI is InChI=1S/C14H13FN2OS/c1-10(18)17-14-7-12(15)13(8-16-14)19-9-11-5-3-2-4-6-11/h2-8H,9H2,1H3,(H,16,17,18). The first-order valence-corrected chi connectivity index (χ1v) is 6.73. The molecule has 1 aromatic carbocycles. The number of aromatic nitrogens is 1. The van der Waals surface area contributed by atoms with Gasteiger partial charge in [-0.25, -0.2) is 9.37 Å². The molecule has 2 rings (SSSR count). The Labute approximate surface area is 115 Å². The van der Waals surface area contributed by atoms with E-state index in [9.17, 15) is 9.18 Å². The van der Waals surface area contributed by atoms with Crippen LogP contribution in [0.25, 0.3) is 0 Å². The summed E-state index contributed by atoms with van der Waals surface area (Å²) in [6, 6.07) is 11.1. The SMILES string of the molecule is CC(=O)Nc1cc(F)c(SCc2ccccc2)cn1. The molecule has 0 fully saturated rings. The van der Waals surface area contributed by atoms with Crippen molar-refractivity contribution in [2.75, 3.05) is 5.32 Å². The molecule has 0 aliphatic rings. The van der Waals surface area contributed by atoms with E-state index in [2.05, 4.69) is 10.3 Å². The van der Waals surface area contributed by atoms with Gasteiger partial charge in [0.2, 0.25) is 5.91 Å². The van der Waals surface area contributed by atoms with Crippen molar-refractivity contribution in [3.8, 4) is 0 Å². The number of hydrogen-bond donors (Lipinski definition) is 1. The van der Waals surface area contributed by atoms with Gasteiger partial charge in [-0.15, -0.1) is 11.8 Å². The molecule has 19 heavy (non-hydrogen) atoms. The number of pyridine rings is 1. The molecule has 3 nitrogen and oxygen atoms in total. The first-order chi connectivity index (χ1) is 9.15. The molecule has 1 aromatic heterocycles. The maximum Gasteiger partial charge on any atom is 0.222 e. The van der Waals surface area contributed by atoms with E-state index in [0.29, 0.717) is 10.6 Å². The van der Waals surface area contributed by atoms with Crippen molar-refractivity contribution in [1.82, 2.24) is 4.98 Å². The van der Waals surface area contributed by atoms with Crippen LogP contribution in [0.15, 0.2) is 47.5 Å². The van der Waals surface area contributed by atoms with Gasteiger partial charge >= 0.3 is 0 Å². The predicted octanol–water partition coefficient (Wildman–Crippen LogP) is 3.47. The summed E-state index contributed by atoms with van der Waals surface area (Å²) in [6.45, 7) is 1.36. The molecule has 5 heteroatoms. The van der Waals surface area contributed by atoms with Crippen LogP contribution in [0, 0.1) is 5.82 Å². The Morgan fingerprint density at radius 1 is 1.37 bits per heavy atom. The van der Waals surface area contributed by atoms with Gasteiger partial charge in [0.05, 0.1) is 4.90 Å². The van der Waals surface area contributed by atoms with Gasteiger partial charge in [0.25, 0.3) is 0 Å². The topological polar surface area (TPSA) is 42.0 Å². The zero-order chi connectivity index (χ0) is 13.7. The third-order valence-corrected chi connectivity index (χ3v) is 3.45. The minimum atomic E-state index is -0.375. The Kier molecular flexibility index (Phi) is 4.52. The number of rotatable bonds is 4. The lowest BCUT2D eigenvalue weighted by atomic mass is 10.2. The van der Waals surface area contributed by atoms with Gasteiger partial charge in [-0.3, -0.25) is 4.79 Å². The van der Waals surface area contributed by atoms with E-state index in [4.69, 9.17) is 0 Å². The van der Waals surface area contributed by atoms with Gasteiger partial charge in [0.1, 0.15) is 11.6 Å². The molecular weight excluding hydrogens is 263 g/mol. The lowest BCUT2D eigenvalue weighted by molar-refractivity contribution is -0.114. The number of carbonyl (C=O) groups excluding carboxylic acids is 1. The maximum absolute atomic E-state index is 13.8. The summed E-state index contributed by atoms with van der Waals surface area (Å²) < 4.78 is 13.8. The molecule has 0 bridgehead atoms. The van der Waals surface area contributed by atoms with E-state index in [1.54, 1.807) is 0 Å². The first-order valence-electron chi connectivity index (χ1n) is 5.75. The number of carbonyl (C=O) groups is 1. The van der Waals surface area contributed by atoms with Crippen molar-refractivity contribution in [3.63, 3.8) is 0 Å². The number of halogens is 1. The highest BCUT2D eigenvalue weighted by molar-refractivity contribution is 7.98. The highest BCUT2D eigenvalue weighted by Crippen LogP contribution is 2.25. The van der Waals surface area contributed by atoms with E-state index >= 15 is 0 Å². The second kappa shape index (κ2) is 6.33. The molecule has 0 spiro atoms. The van der Waals surface area contributed by atoms with Gasteiger partial charge in [-0.05, 0) is 5.56 Å². The fourth-order valence-corrected chi connectivity index (χ4v) is 2.35. The lowest BCUT2D eigenvalue weighted by Crippen LogP contribution is -2.07. The van der Waals surface area contributed by atoms with Gasteiger partial charge in [-0.2, -0.15) is 0 Å². The van der Waals surface area contributed by atoms with Gasteiger partial charge in [0, 0.05) is 24.9 Å². The predicted molar refractivity (Wildman–Crippen MR) is 74.5 cm³/mol. The van der Waals surface area contributed by atoms with Crippen LogP contribution >= 0.6 is 11.8 Å². The minimum Gasteiger partial charge on any atom is -0.311 e. The van der Waals surface area contributed by atoms with Crippen molar-refractivity contribution in [2.45, 2.75) is 17.6 Å². The summed E-state index contributed by atoms with van der Waals surface area (Å²) in [5, 5.41) is 2.45. The van der Waals surface area contributed by atoms with Crippen LogP contribution in [0.4, 0.5) is 10.2 Å². The smallest absolute Gasteiger partial charge is 0.222 e. The van der Waals surface area contributed by atoms with Gasteiger partial charge in [-0.1, -0.05) is 30.3 Å². The fourth-order valence-electron chi connectivity index (χ4n) is 1.51. The zero-order valence-electron chi connectivity index (χ0n) is 10.4. The number of anilines is 1. The normalized spacial score (nSPS) is 10.2. The molecule has 0 aliphatic carbocycles. The Morgan fingerprint density at radius 3 is 2.74 bits per heavy atom. The van der Waals surface area contributed by atoms with Crippen LogP contribution in [-0.2, 0) is 10.5 Å². The quantitative estimate of drug-likeness (QED) is 0.869. The number of hydrogen-bond acceptors (Lipinski definition) is 3. The molecule has 1 amide bonds. The highest BCUT2D eigenvalue weighted by atomic mass is 32.2. The van der Waals surface area contributed by atoms with Crippen molar-refractivity contribution in [1.29, 1.82) is 0 Å². The van der Waals surface area contributed by atoms with Crippen molar-refractivity contribution in [3.05, 3.63) is 54.0 Å². The largest absolute Gasteiger partial charge is 0.311 e. The molecule has 0 saturated heterocycles. The number of nitrogens with one attached hydrogen (secondary N) is 1. The van der Waals surface area contributed by atoms with Crippen LogP contribution in [0.1, 0.15) is 12.5 Å². The third-order valence-electron chi connectivity index (χ3n) is 2.36. The number of amides is 1. The summed E-state index contributed by atoms with van der Waals surface area (Å²) >= 11 is 1.38. The Morgan fingerprint density at radius 2 is 2.11 bits per heavy atom. The zero-order valence-corrected chi connectivity index (χ0v) is 11.2. The second-order valence-electron chi connectivity index (χ2n) is 3.96.